The molecular weight excluding hydrogens is 250 g/mol. The third-order valence-electron chi connectivity index (χ3n) is 2.89. The van der Waals surface area contributed by atoms with Crippen molar-refractivity contribution in [2.45, 2.75) is 12.8 Å². The number of carboxylic acid groups (broad SMARTS) is 1. The summed E-state index contributed by atoms with van der Waals surface area (Å²) in [5.41, 5.74) is 1.56. The van der Waals surface area contributed by atoms with Crippen molar-refractivity contribution in [2.24, 2.45) is 0 Å². The maximum Gasteiger partial charge on any atom is 0.303 e. The molecule has 98 valence electrons. The number of benzene rings is 1. The largest absolute Gasteiger partial charge is 0.481 e. The number of fused-ring (bicyclic) bond motifs is 1. The van der Waals surface area contributed by atoms with Crippen LogP contribution in [0.4, 0.5) is 0 Å². The molecule has 19 heavy (non-hydrogen) atoms. The highest BCUT2D eigenvalue weighted by atomic mass is 16.7. The number of hydrogen-bond donors (Lipinski definition) is 1. The molecule has 6 heteroatoms. The molecule has 1 aromatic carbocycles. The summed E-state index contributed by atoms with van der Waals surface area (Å²) >= 11 is 0. The van der Waals surface area contributed by atoms with Gasteiger partial charge in [0.25, 0.3) is 0 Å². The van der Waals surface area contributed by atoms with Crippen LogP contribution in [0.5, 0.6) is 11.5 Å². The van der Waals surface area contributed by atoms with Crippen LogP contribution in [0.1, 0.15) is 12.0 Å². The number of aliphatic carboxylic acids is 1. The van der Waals surface area contributed by atoms with Crippen LogP contribution in [-0.2, 0) is 11.2 Å². The molecule has 0 fully saturated rings. The lowest BCUT2D eigenvalue weighted by Gasteiger charge is -2.02. The number of ether oxygens (including phenoxy) is 2. The first kappa shape index (κ1) is 11.6. The standard InChI is InChI=1S/C13H11NO5/c15-12(16)4-2-9-6-14-19-13(9)8-1-3-10-11(5-8)18-7-17-10/h1,3,5-6H,2,4,7H2,(H,15,16). The van der Waals surface area contributed by atoms with Crippen LogP contribution < -0.4 is 9.47 Å². The highest BCUT2D eigenvalue weighted by Crippen LogP contribution is 2.36. The first-order chi connectivity index (χ1) is 9.24. The summed E-state index contributed by atoms with van der Waals surface area (Å²) in [7, 11) is 0. The van der Waals surface area contributed by atoms with Crippen LogP contribution in [-0.4, -0.2) is 23.0 Å². The zero-order valence-corrected chi connectivity index (χ0v) is 9.96. The number of carbonyl (C=O) groups is 1. The Hall–Kier alpha value is -2.50. The molecule has 0 bridgehead atoms. The molecule has 2 heterocycles. The third-order valence-corrected chi connectivity index (χ3v) is 2.89. The summed E-state index contributed by atoms with van der Waals surface area (Å²) in [4.78, 5) is 10.6. The van der Waals surface area contributed by atoms with E-state index < -0.39 is 5.97 Å². The molecule has 1 aliphatic rings. The van der Waals surface area contributed by atoms with Gasteiger partial charge in [-0.15, -0.1) is 0 Å². The first-order valence-electron chi connectivity index (χ1n) is 5.79. The third kappa shape index (κ3) is 2.24. The van der Waals surface area contributed by atoms with Crippen LogP contribution in [0.15, 0.2) is 28.9 Å². The molecule has 3 rings (SSSR count). The van der Waals surface area contributed by atoms with Gasteiger partial charge in [-0.2, -0.15) is 0 Å². The van der Waals surface area contributed by atoms with E-state index in [1.54, 1.807) is 18.3 Å². The molecule has 2 aromatic rings. The minimum absolute atomic E-state index is 0.0404. The summed E-state index contributed by atoms with van der Waals surface area (Å²) in [6.45, 7) is 0.209. The van der Waals surface area contributed by atoms with Crippen molar-refractivity contribution in [3.8, 4) is 22.8 Å². The fraction of sp³-hybridized carbons (Fsp3) is 0.231. The predicted octanol–water partition coefficient (Wildman–Crippen LogP) is 2.09. The Bertz CT molecular complexity index is 619. The molecule has 1 aromatic heterocycles. The monoisotopic (exact) mass is 261 g/mol. The number of carboxylic acids is 1. The van der Waals surface area contributed by atoms with E-state index in [0.717, 1.165) is 11.1 Å². The molecule has 6 nitrogen and oxygen atoms in total. The smallest absolute Gasteiger partial charge is 0.303 e. The van der Waals surface area contributed by atoms with Crippen molar-refractivity contribution in [1.82, 2.24) is 5.16 Å². The van der Waals surface area contributed by atoms with Gasteiger partial charge in [0.15, 0.2) is 17.3 Å². The van der Waals surface area contributed by atoms with Gasteiger partial charge in [-0.3, -0.25) is 4.79 Å². The van der Waals surface area contributed by atoms with Crippen molar-refractivity contribution in [1.29, 1.82) is 0 Å². The molecule has 0 spiro atoms. The van der Waals surface area contributed by atoms with Gasteiger partial charge in [0.2, 0.25) is 6.79 Å². The van der Waals surface area contributed by atoms with Crippen LogP contribution >= 0.6 is 0 Å². The number of rotatable bonds is 4. The number of aryl methyl sites for hydroxylation is 1. The van der Waals surface area contributed by atoms with Gasteiger partial charge < -0.3 is 19.1 Å². The molecule has 0 unspecified atom stereocenters. The van der Waals surface area contributed by atoms with E-state index in [2.05, 4.69) is 5.16 Å². The van der Waals surface area contributed by atoms with Gasteiger partial charge in [-0.25, -0.2) is 0 Å². The van der Waals surface area contributed by atoms with E-state index in [1.807, 2.05) is 6.07 Å². The van der Waals surface area contributed by atoms with Crippen molar-refractivity contribution >= 4 is 5.97 Å². The normalized spacial score (nSPS) is 12.6. The lowest BCUT2D eigenvalue weighted by molar-refractivity contribution is -0.136. The summed E-state index contributed by atoms with van der Waals surface area (Å²) in [5, 5.41) is 12.4. The molecule has 1 N–H and O–H groups in total. The fourth-order valence-electron chi connectivity index (χ4n) is 1.96. The molecular formula is C13H11NO5. The quantitative estimate of drug-likeness (QED) is 0.907. The highest BCUT2D eigenvalue weighted by Gasteiger charge is 2.17. The van der Waals surface area contributed by atoms with Gasteiger partial charge >= 0.3 is 5.97 Å². The minimum Gasteiger partial charge on any atom is -0.481 e. The average molecular weight is 261 g/mol. The second kappa shape index (κ2) is 4.64. The van der Waals surface area contributed by atoms with Crippen LogP contribution in [0.3, 0.4) is 0 Å². The molecule has 0 saturated carbocycles. The zero-order chi connectivity index (χ0) is 13.2. The molecule has 1 aliphatic heterocycles. The Morgan fingerprint density at radius 2 is 2.16 bits per heavy atom. The summed E-state index contributed by atoms with van der Waals surface area (Å²) < 4.78 is 15.7. The number of nitrogens with zero attached hydrogens (tertiary/aromatic N) is 1. The Morgan fingerprint density at radius 1 is 1.32 bits per heavy atom. The number of aromatic nitrogens is 1. The van der Waals surface area contributed by atoms with E-state index in [4.69, 9.17) is 19.1 Å². The second-order valence-corrected chi connectivity index (χ2v) is 4.14. The van der Waals surface area contributed by atoms with E-state index in [-0.39, 0.29) is 13.2 Å². The Kier molecular flexibility index (Phi) is 2.83. The molecule has 0 saturated heterocycles. The first-order valence-corrected chi connectivity index (χ1v) is 5.79. The minimum atomic E-state index is -0.849. The lowest BCUT2D eigenvalue weighted by atomic mass is 10.1. The predicted molar refractivity (Wildman–Crippen MR) is 64.0 cm³/mol. The molecule has 0 radical (unpaired) electrons. The Balaban J connectivity index is 1.90. The van der Waals surface area contributed by atoms with Gasteiger partial charge in [0, 0.05) is 17.5 Å². The van der Waals surface area contributed by atoms with Gasteiger partial charge in [0.1, 0.15) is 0 Å². The van der Waals surface area contributed by atoms with Crippen molar-refractivity contribution in [3.63, 3.8) is 0 Å². The fourth-order valence-corrected chi connectivity index (χ4v) is 1.96. The average Bonchev–Trinajstić information content (AvgIpc) is 3.04. The summed E-state index contributed by atoms with van der Waals surface area (Å²) in [5.74, 6) is 1.06. The van der Waals surface area contributed by atoms with Gasteiger partial charge in [-0.1, -0.05) is 5.16 Å². The van der Waals surface area contributed by atoms with Crippen LogP contribution in [0.2, 0.25) is 0 Å². The van der Waals surface area contributed by atoms with Crippen LogP contribution in [0, 0.1) is 0 Å². The number of hydrogen-bond acceptors (Lipinski definition) is 5. The van der Waals surface area contributed by atoms with Gasteiger partial charge in [-0.05, 0) is 24.6 Å². The second-order valence-electron chi connectivity index (χ2n) is 4.14. The maximum atomic E-state index is 10.6. The SMILES string of the molecule is O=C(O)CCc1cnoc1-c1ccc2c(c1)OCO2. The van der Waals surface area contributed by atoms with E-state index in [1.165, 1.54) is 0 Å². The highest BCUT2D eigenvalue weighted by molar-refractivity contribution is 5.69. The Labute approximate surface area is 108 Å². The van der Waals surface area contributed by atoms with Crippen molar-refractivity contribution in [2.75, 3.05) is 6.79 Å². The summed E-state index contributed by atoms with van der Waals surface area (Å²) in [6.07, 6.45) is 1.96. The summed E-state index contributed by atoms with van der Waals surface area (Å²) in [6, 6.07) is 5.42. The van der Waals surface area contributed by atoms with Crippen molar-refractivity contribution in [3.05, 3.63) is 30.0 Å². The topological polar surface area (TPSA) is 81.8 Å². The van der Waals surface area contributed by atoms with E-state index in [0.29, 0.717) is 23.7 Å². The maximum absolute atomic E-state index is 10.6. The molecule has 0 aliphatic carbocycles. The zero-order valence-electron chi connectivity index (χ0n) is 9.96. The Morgan fingerprint density at radius 3 is 3.00 bits per heavy atom. The van der Waals surface area contributed by atoms with E-state index >= 15 is 0 Å². The van der Waals surface area contributed by atoms with Gasteiger partial charge in [0.05, 0.1) is 6.20 Å². The van der Waals surface area contributed by atoms with Crippen LogP contribution in [0.25, 0.3) is 11.3 Å². The van der Waals surface area contributed by atoms with Crippen molar-refractivity contribution < 1.29 is 23.9 Å². The molecule has 0 atom stereocenters. The lowest BCUT2D eigenvalue weighted by Crippen LogP contribution is -1.97. The van der Waals surface area contributed by atoms with E-state index in [9.17, 15) is 4.79 Å². The molecule has 0 amide bonds.